The van der Waals surface area contributed by atoms with Crippen LogP contribution in [0.1, 0.15) is 10.4 Å². The van der Waals surface area contributed by atoms with Crippen LogP contribution in [0.25, 0.3) is 11.3 Å². The van der Waals surface area contributed by atoms with E-state index in [1.54, 1.807) is 0 Å². The van der Waals surface area contributed by atoms with Crippen LogP contribution in [0.2, 0.25) is 0 Å². The summed E-state index contributed by atoms with van der Waals surface area (Å²) in [6.45, 7) is 0. The molecule has 1 aromatic heterocycles. The van der Waals surface area contributed by atoms with E-state index in [1.807, 2.05) is 0 Å². The predicted molar refractivity (Wildman–Crippen MR) is 55.9 cm³/mol. The van der Waals surface area contributed by atoms with Gasteiger partial charge in [-0.05, 0) is 24.3 Å². The van der Waals surface area contributed by atoms with Gasteiger partial charge in [-0.2, -0.15) is 5.10 Å². The monoisotopic (exact) mass is 234 g/mol. The smallest absolute Gasteiger partial charge is 0.377 e. The lowest BCUT2D eigenvalue weighted by atomic mass is 10.1. The third kappa shape index (κ3) is 2.05. The average Bonchev–Trinajstić information content (AvgIpc) is 2.77. The molecule has 0 atom stereocenters. The van der Waals surface area contributed by atoms with E-state index in [0.29, 0.717) is 5.56 Å². The molecular weight excluding hydrogens is 227 g/mol. The highest BCUT2D eigenvalue weighted by atomic mass is 19.1. The Balaban J connectivity index is 2.47. The molecule has 1 heterocycles. The first-order valence-corrected chi connectivity index (χ1v) is 4.66. The summed E-state index contributed by atoms with van der Waals surface area (Å²) in [5, 5.41) is 14.8. The Morgan fingerprint density at radius 2 is 1.88 bits per heavy atom. The van der Waals surface area contributed by atoms with E-state index in [4.69, 9.17) is 5.11 Å². The number of aromatic nitrogens is 2. The van der Waals surface area contributed by atoms with Crippen molar-refractivity contribution in [3.05, 3.63) is 41.8 Å². The third-order valence-corrected chi connectivity index (χ3v) is 2.21. The molecule has 86 valence electrons. The summed E-state index contributed by atoms with van der Waals surface area (Å²) in [7, 11) is 0. The van der Waals surface area contributed by atoms with Crippen molar-refractivity contribution in [1.82, 2.24) is 10.2 Å². The van der Waals surface area contributed by atoms with Gasteiger partial charge in [0.05, 0.1) is 17.5 Å². The van der Waals surface area contributed by atoms with E-state index in [0.717, 1.165) is 6.20 Å². The van der Waals surface area contributed by atoms with Gasteiger partial charge in [0.1, 0.15) is 5.82 Å². The molecule has 0 aliphatic heterocycles. The zero-order valence-corrected chi connectivity index (χ0v) is 8.48. The zero-order chi connectivity index (χ0) is 12.4. The van der Waals surface area contributed by atoms with Crippen molar-refractivity contribution in [3.63, 3.8) is 0 Å². The van der Waals surface area contributed by atoms with Crippen LogP contribution in [0.4, 0.5) is 4.39 Å². The van der Waals surface area contributed by atoms with Crippen molar-refractivity contribution in [2.45, 2.75) is 0 Å². The number of benzene rings is 1. The molecule has 17 heavy (non-hydrogen) atoms. The van der Waals surface area contributed by atoms with Crippen LogP contribution in [0.3, 0.4) is 0 Å². The number of nitrogens with one attached hydrogen (secondary N) is 1. The van der Waals surface area contributed by atoms with Crippen LogP contribution < -0.4 is 0 Å². The number of aliphatic carboxylic acids is 1. The first-order chi connectivity index (χ1) is 8.09. The summed E-state index contributed by atoms with van der Waals surface area (Å²) in [4.78, 5) is 21.9. The molecule has 0 spiro atoms. The Morgan fingerprint density at radius 3 is 2.47 bits per heavy atom. The summed E-state index contributed by atoms with van der Waals surface area (Å²) in [6.07, 6.45) is 1.13. The normalized spacial score (nSPS) is 10.2. The second-order valence-corrected chi connectivity index (χ2v) is 3.30. The molecule has 0 unspecified atom stereocenters. The summed E-state index contributed by atoms with van der Waals surface area (Å²) < 4.78 is 12.7. The Bertz CT molecular complexity index is 575. The lowest BCUT2D eigenvalue weighted by molar-refractivity contribution is -0.131. The SMILES string of the molecule is O=C(O)C(=O)c1cn[nH]c1-c1ccc(F)cc1. The summed E-state index contributed by atoms with van der Waals surface area (Å²) in [6, 6.07) is 5.29. The van der Waals surface area contributed by atoms with Crippen molar-refractivity contribution >= 4 is 11.8 Å². The second kappa shape index (κ2) is 4.17. The lowest BCUT2D eigenvalue weighted by Gasteiger charge is -2.00. The third-order valence-electron chi connectivity index (χ3n) is 2.21. The fraction of sp³-hybridized carbons (Fsp3) is 0. The first kappa shape index (κ1) is 11.0. The van der Waals surface area contributed by atoms with Gasteiger partial charge in [0, 0.05) is 5.56 Å². The van der Waals surface area contributed by atoms with Crippen LogP contribution in [0, 0.1) is 5.82 Å². The lowest BCUT2D eigenvalue weighted by Crippen LogP contribution is -2.12. The minimum atomic E-state index is -1.56. The highest BCUT2D eigenvalue weighted by Crippen LogP contribution is 2.21. The molecular formula is C11H7FN2O3. The Labute approximate surface area is 94.9 Å². The maximum Gasteiger partial charge on any atom is 0.377 e. The Hall–Kier alpha value is -2.50. The average molecular weight is 234 g/mol. The number of carboxylic acids is 1. The molecule has 2 rings (SSSR count). The number of Topliss-reactive ketones (excluding diaryl/α,β-unsaturated/α-hetero) is 1. The molecule has 6 heteroatoms. The molecule has 0 aliphatic carbocycles. The number of rotatable bonds is 3. The van der Waals surface area contributed by atoms with Crippen LogP contribution in [-0.2, 0) is 4.79 Å². The van der Waals surface area contributed by atoms with Gasteiger partial charge >= 0.3 is 5.97 Å². The van der Waals surface area contributed by atoms with E-state index in [2.05, 4.69) is 10.2 Å². The number of hydrogen-bond acceptors (Lipinski definition) is 3. The number of hydrogen-bond donors (Lipinski definition) is 2. The Kier molecular flexibility index (Phi) is 2.70. The second-order valence-electron chi connectivity index (χ2n) is 3.30. The number of nitrogens with zero attached hydrogens (tertiary/aromatic N) is 1. The fourth-order valence-corrected chi connectivity index (χ4v) is 1.41. The zero-order valence-electron chi connectivity index (χ0n) is 8.48. The van der Waals surface area contributed by atoms with Crippen LogP contribution in [-0.4, -0.2) is 27.1 Å². The minimum absolute atomic E-state index is 0.0518. The van der Waals surface area contributed by atoms with Crippen LogP contribution >= 0.6 is 0 Å². The number of carbonyl (C=O) groups is 2. The Morgan fingerprint density at radius 1 is 1.24 bits per heavy atom. The first-order valence-electron chi connectivity index (χ1n) is 4.66. The van der Waals surface area contributed by atoms with E-state index >= 15 is 0 Å². The number of H-pyrrole nitrogens is 1. The maximum absolute atomic E-state index is 12.7. The van der Waals surface area contributed by atoms with Crippen molar-refractivity contribution in [1.29, 1.82) is 0 Å². The van der Waals surface area contributed by atoms with Gasteiger partial charge in [-0.3, -0.25) is 9.89 Å². The highest BCUT2D eigenvalue weighted by molar-refractivity contribution is 6.41. The highest BCUT2D eigenvalue weighted by Gasteiger charge is 2.21. The van der Waals surface area contributed by atoms with Gasteiger partial charge in [-0.15, -0.1) is 0 Å². The van der Waals surface area contributed by atoms with Gasteiger partial charge in [0.25, 0.3) is 5.78 Å². The number of carboxylic acid groups (broad SMARTS) is 1. The molecule has 0 amide bonds. The van der Waals surface area contributed by atoms with E-state index in [9.17, 15) is 14.0 Å². The summed E-state index contributed by atoms with van der Waals surface area (Å²) >= 11 is 0. The minimum Gasteiger partial charge on any atom is -0.475 e. The van der Waals surface area contributed by atoms with Crippen molar-refractivity contribution in [2.75, 3.05) is 0 Å². The molecule has 0 bridgehead atoms. The number of halogens is 1. The molecule has 0 aliphatic rings. The maximum atomic E-state index is 12.7. The summed E-state index contributed by atoms with van der Waals surface area (Å²) in [5.41, 5.74) is 0.704. The number of ketones is 1. The quantitative estimate of drug-likeness (QED) is 0.622. The molecule has 2 aromatic rings. The molecule has 5 nitrogen and oxygen atoms in total. The molecule has 1 aromatic carbocycles. The predicted octanol–water partition coefficient (Wildman–Crippen LogP) is 1.48. The van der Waals surface area contributed by atoms with E-state index in [-0.39, 0.29) is 11.3 Å². The standard InChI is InChI=1S/C11H7FN2O3/c12-7-3-1-6(2-4-7)9-8(5-13-14-9)10(15)11(16)17/h1-5H,(H,13,14)(H,16,17). The number of aromatic amines is 1. The van der Waals surface area contributed by atoms with Gasteiger partial charge in [-0.1, -0.05) is 0 Å². The van der Waals surface area contributed by atoms with Crippen molar-refractivity contribution in [3.8, 4) is 11.3 Å². The molecule has 0 saturated heterocycles. The largest absolute Gasteiger partial charge is 0.475 e. The molecule has 0 fully saturated rings. The van der Waals surface area contributed by atoms with Crippen LogP contribution in [0.15, 0.2) is 30.5 Å². The summed E-state index contributed by atoms with van der Waals surface area (Å²) in [5.74, 6) is -3.03. The van der Waals surface area contributed by atoms with Crippen LogP contribution in [0.5, 0.6) is 0 Å². The van der Waals surface area contributed by atoms with Gasteiger partial charge < -0.3 is 5.11 Å². The van der Waals surface area contributed by atoms with Gasteiger partial charge in [0.2, 0.25) is 0 Å². The van der Waals surface area contributed by atoms with Crippen molar-refractivity contribution < 1.29 is 19.1 Å². The van der Waals surface area contributed by atoms with Gasteiger partial charge in [-0.25, -0.2) is 9.18 Å². The topological polar surface area (TPSA) is 83.0 Å². The fourth-order valence-electron chi connectivity index (χ4n) is 1.41. The van der Waals surface area contributed by atoms with Gasteiger partial charge in [0.15, 0.2) is 0 Å². The van der Waals surface area contributed by atoms with E-state index < -0.39 is 17.6 Å². The van der Waals surface area contributed by atoms with Crippen molar-refractivity contribution in [2.24, 2.45) is 0 Å². The molecule has 0 radical (unpaired) electrons. The molecule has 0 saturated carbocycles. The number of carbonyl (C=O) groups excluding carboxylic acids is 1. The van der Waals surface area contributed by atoms with E-state index in [1.165, 1.54) is 24.3 Å². The molecule has 2 N–H and O–H groups in total.